The summed E-state index contributed by atoms with van der Waals surface area (Å²) in [6.07, 6.45) is 6.23. The second-order valence-electron chi connectivity index (χ2n) is 14.6. The van der Waals surface area contributed by atoms with Crippen LogP contribution < -0.4 is 38.1 Å². The highest BCUT2D eigenvalue weighted by Gasteiger charge is 2.33. The van der Waals surface area contributed by atoms with Crippen LogP contribution in [0.25, 0.3) is 0 Å². The van der Waals surface area contributed by atoms with Gasteiger partial charge in [0.05, 0.1) is 24.5 Å². The number of nitrogens with two attached hydrogens (primary N) is 2. The van der Waals surface area contributed by atoms with Crippen LogP contribution in [-0.4, -0.2) is 83.9 Å². The Labute approximate surface area is 307 Å². The van der Waals surface area contributed by atoms with Crippen molar-refractivity contribution >= 4 is 35.4 Å². The van der Waals surface area contributed by atoms with E-state index in [2.05, 4.69) is 26.6 Å². The first kappa shape index (κ1) is 42.4. The molecule has 52 heavy (non-hydrogen) atoms. The molecule has 1 saturated heterocycles. The lowest BCUT2D eigenvalue weighted by molar-refractivity contribution is -0.133. The van der Waals surface area contributed by atoms with E-state index >= 15 is 0 Å². The molecule has 10 N–H and O–H groups in total. The van der Waals surface area contributed by atoms with E-state index in [1.807, 2.05) is 44.2 Å². The molecule has 14 heteroatoms. The third kappa shape index (κ3) is 14.5. The number of benzene rings is 1. The van der Waals surface area contributed by atoms with Gasteiger partial charge < -0.3 is 43.2 Å². The van der Waals surface area contributed by atoms with Gasteiger partial charge in [-0.25, -0.2) is 0 Å². The van der Waals surface area contributed by atoms with Crippen LogP contribution in [0.4, 0.5) is 0 Å². The monoisotopic (exact) mass is 727 g/mol. The molecule has 7 atom stereocenters. The summed E-state index contributed by atoms with van der Waals surface area (Å²) >= 11 is 0. The third-order valence-corrected chi connectivity index (χ3v) is 10.5. The Bertz CT molecular complexity index is 1320. The molecule has 1 aromatic rings. The van der Waals surface area contributed by atoms with Crippen molar-refractivity contribution in [3.05, 3.63) is 35.9 Å². The van der Waals surface area contributed by atoms with E-state index in [0.29, 0.717) is 38.6 Å². The molecule has 6 amide bonds. The van der Waals surface area contributed by atoms with E-state index in [1.165, 1.54) is 0 Å². The standard InChI is InChI=1S/C38H61N7O7/c1-3-24(2)35(38(52)44-30(36(40)50)20-26-13-8-5-9-14-26)45-34(49)22-31(46)29(19-25-11-6-4-7-12-25)43-33(48)21-28-15-10-18-41-32(47)17-16-27(23-39)37(51)42-28/h5,8-9,13-14,24-25,27-31,35,46H,3-4,6-7,10-12,15-23,39H2,1-2H3,(H2,40,50)(H,41,47)(H,42,51)(H,43,48)(H,44,52)(H,45,49)/t24-,27?,28?,29-,30-,31-,35-/m0/s1. The zero-order valence-corrected chi connectivity index (χ0v) is 30.9. The minimum absolute atomic E-state index is 0.0443. The van der Waals surface area contributed by atoms with Gasteiger partial charge >= 0.3 is 0 Å². The van der Waals surface area contributed by atoms with Gasteiger partial charge in [0.1, 0.15) is 12.1 Å². The van der Waals surface area contributed by atoms with E-state index < -0.39 is 53.9 Å². The van der Waals surface area contributed by atoms with Gasteiger partial charge in [-0.2, -0.15) is 0 Å². The molecule has 0 spiro atoms. The minimum Gasteiger partial charge on any atom is -0.390 e. The predicted molar refractivity (Wildman–Crippen MR) is 197 cm³/mol. The van der Waals surface area contributed by atoms with Gasteiger partial charge in [0.2, 0.25) is 35.4 Å². The fourth-order valence-electron chi connectivity index (χ4n) is 7.05. The number of nitrogens with one attached hydrogen (secondary N) is 5. The zero-order valence-electron chi connectivity index (χ0n) is 30.9. The normalized spacial score (nSPS) is 21.8. The summed E-state index contributed by atoms with van der Waals surface area (Å²) < 4.78 is 0. The Morgan fingerprint density at radius 3 is 2.31 bits per heavy atom. The number of hydrogen-bond donors (Lipinski definition) is 8. The molecule has 1 heterocycles. The SMILES string of the molecule is CC[C@H](C)[C@H](NC(=O)C[C@H](O)[C@H](CC1CCCCC1)NC(=O)CC1CCCNC(=O)CCC(CN)C(=O)N1)C(=O)N[C@@H](Cc1ccccc1)C(N)=O. The second kappa shape index (κ2) is 22.1. The highest BCUT2D eigenvalue weighted by Crippen LogP contribution is 2.28. The fourth-order valence-corrected chi connectivity index (χ4v) is 7.05. The van der Waals surface area contributed by atoms with Gasteiger partial charge in [-0.1, -0.05) is 82.7 Å². The van der Waals surface area contributed by atoms with Gasteiger partial charge in [-0.05, 0) is 43.1 Å². The maximum absolute atomic E-state index is 13.5. The number of carbonyl (C=O) groups excluding carboxylic acids is 6. The summed E-state index contributed by atoms with van der Waals surface area (Å²) in [5.41, 5.74) is 12.3. The van der Waals surface area contributed by atoms with Crippen molar-refractivity contribution < 1.29 is 33.9 Å². The van der Waals surface area contributed by atoms with Crippen LogP contribution in [0, 0.1) is 17.8 Å². The van der Waals surface area contributed by atoms with Crippen molar-refractivity contribution in [2.45, 2.75) is 134 Å². The summed E-state index contributed by atoms with van der Waals surface area (Å²) in [4.78, 5) is 77.8. The van der Waals surface area contributed by atoms with Crippen LogP contribution in [0.2, 0.25) is 0 Å². The molecule has 0 radical (unpaired) electrons. The number of aliphatic hydroxyl groups excluding tert-OH is 1. The maximum Gasteiger partial charge on any atom is 0.243 e. The summed E-state index contributed by atoms with van der Waals surface area (Å²) in [6.45, 7) is 4.19. The second-order valence-corrected chi connectivity index (χ2v) is 14.6. The maximum atomic E-state index is 13.5. The number of amides is 6. The van der Waals surface area contributed by atoms with Crippen molar-refractivity contribution in [1.82, 2.24) is 26.6 Å². The quantitative estimate of drug-likeness (QED) is 0.115. The largest absolute Gasteiger partial charge is 0.390 e. The summed E-state index contributed by atoms with van der Waals surface area (Å²) in [6, 6.07) is 5.93. The Hall–Kier alpha value is -4.04. The first-order valence-electron chi connectivity index (χ1n) is 19.1. The van der Waals surface area contributed by atoms with Gasteiger partial charge in [0, 0.05) is 38.4 Å². The molecule has 14 nitrogen and oxygen atoms in total. The minimum atomic E-state index is -1.25. The molecule has 1 aliphatic carbocycles. The molecule has 3 rings (SSSR count). The topological polar surface area (TPSA) is 235 Å². The zero-order chi connectivity index (χ0) is 38.0. The first-order chi connectivity index (χ1) is 24.9. The van der Waals surface area contributed by atoms with E-state index in [4.69, 9.17) is 11.5 Å². The molecule has 1 aliphatic heterocycles. The van der Waals surface area contributed by atoms with Crippen LogP contribution in [0.5, 0.6) is 0 Å². The lowest BCUT2D eigenvalue weighted by atomic mass is 9.83. The number of rotatable bonds is 17. The van der Waals surface area contributed by atoms with Gasteiger partial charge in [0.15, 0.2) is 0 Å². The van der Waals surface area contributed by atoms with Crippen LogP contribution in [0.1, 0.15) is 103 Å². The van der Waals surface area contributed by atoms with Crippen molar-refractivity contribution in [3.8, 4) is 0 Å². The molecule has 0 bridgehead atoms. The van der Waals surface area contributed by atoms with Gasteiger partial charge in [-0.3, -0.25) is 28.8 Å². The molecular formula is C38H61N7O7. The van der Waals surface area contributed by atoms with E-state index in [-0.39, 0.29) is 61.8 Å². The Balaban J connectivity index is 1.68. The molecule has 2 unspecified atom stereocenters. The molecule has 1 saturated carbocycles. The average molecular weight is 728 g/mol. The van der Waals surface area contributed by atoms with Gasteiger partial charge in [-0.15, -0.1) is 0 Å². The summed E-state index contributed by atoms with van der Waals surface area (Å²) in [7, 11) is 0. The van der Waals surface area contributed by atoms with Crippen molar-refractivity contribution in [1.29, 1.82) is 0 Å². The molecule has 2 aliphatic rings. The Kier molecular flexibility index (Phi) is 18.0. The molecule has 1 aromatic carbocycles. The molecular weight excluding hydrogens is 666 g/mol. The lowest BCUT2D eigenvalue weighted by Crippen LogP contribution is -2.56. The van der Waals surface area contributed by atoms with Crippen LogP contribution >= 0.6 is 0 Å². The van der Waals surface area contributed by atoms with E-state index in [9.17, 15) is 33.9 Å². The molecule has 2 fully saturated rings. The van der Waals surface area contributed by atoms with Crippen LogP contribution in [0.3, 0.4) is 0 Å². The highest BCUT2D eigenvalue weighted by molar-refractivity contribution is 5.92. The number of hydrogen-bond acceptors (Lipinski definition) is 8. The number of carbonyl (C=O) groups is 6. The number of aliphatic hydroxyl groups is 1. The van der Waals surface area contributed by atoms with Crippen LogP contribution in [0.15, 0.2) is 30.3 Å². The smallest absolute Gasteiger partial charge is 0.243 e. The number of primary amides is 1. The van der Waals surface area contributed by atoms with Crippen molar-refractivity contribution in [3.63, 3.8) is 0 Å². The van der Waals surface area contributed by atoms with Crippen molar-refractivity contribution in [2.75, 3.05) is 13.1 Å². The third-order valence-electron chi connectivity index (χ3n) is 10.5. The highest BCUT2D eigenvalue weighted by atomic mass is 16.3. The Morgan fingerprint density at radius 2 is 1.65 bits per heavy atom. The van der Waals surface area contributed by atoms with Gasteiger partial charge in [0.25, 0.3) is 0 Å². The first-order valence-corrected chi connectivity index (χ1v) is 19.1. The Morgan fingerprint density at radius 1 is 0.942 bits per heavy atom. The van der Waals surface area contributed by atoms with Crippen LogP contribution in [-0.2, 0) is 35.2 Å². The van der Waals surface area contributed by atoms with E-state index in [1.54, 1.807) is 0 Å². The average Bonchev–Trinajstić information content (AvgIpc) is 3.14. The summed E-state index contributed by atoms with van der Waals surface area (Å²) in [5.74, 6) is -3.22. The van der Waals surface area contributed by atoms with E-state index in [0.717, 1.165) is 37.7 Å². The van der Waals surface area contributed by atoms with Crippen molar-refractivity contribution in [2.24, 2.45) is 29.2 Å². The molecule has 290 valence electrons. The summed E-state index contributed by atoms with van der Waals surface area (Å²) in [5, 5.41) is 25.7. The predicted octanol–water partition coefficient (Wildman–Crippen LogP) is 1.08. The molecule has 0 aromatic heterocycles. The lowest BCUT2D eigenvalue weighted by Gasteiger charge is -2.31. The fraction of sp³-hybridized carbons (Fsp3) is 0.684.